The molecule has 0 saturated carbocycles. The third-order valence-corrected chi connectivity index (χ3v) is 3.15. The van der Waals surface area contributed by atoms with Crippen molar-refractivity contribution in [3.63, 3.8) is 0 Å². The van der Waals surface area contributed by atoms with E-state index < -0.39 is 0 Å². The van der Waals surface area contributed by atoms with Gasteiger partial charge in [-0.25, -0.2) is 0 Å². The molecule has 16 heavy (non-hydrogen) atoms. The predicted molar refractivity (Wildman–Crippen MR) is 71.9 cm³/mol. The van der Waals surface area contributed by atoms with E-state index >= 15 is 0 Å². The molecule has 1 N–H and O–H groups in total. The maximum atomic E-state index is 5.89. The zero-order valence-corrected chi connectivity index (χ0v) is 11.2. The van der Waals surface area contributed by atoms with Gasteiger partial charge in [-0.1, -0.05) is 50.4 Å². The maximum Gasteiger partial charge on any atom is 0.0406 e. The molecule has 1 unspecified atom stereocenters. The number of halogens is 1. The van der Waals surface area contributed by atoms with Gasteiger partial charge >= 0.3 is 0 Å². The fraction of sp³-hybridized carbons (Fsp3) is 0.571. The first-order valence-electron chi connectivity index (χ1n) is 6.06. The summed E-state index contributed by atoms with van der Waals surface area (Å²) in [6.07, 6.45) is 3.76. The van der Waals surface area contributed by atoms with Gasteiger partial charge in [-0.2, -0.15) is 0 Å². The summed E-state index contributed by atoms with van der Waals surface area (Å²) in [7, 11) is 2.02. The summed E-state index contributed by atoms with van der Waals surface area (Å²) in [6, 6.07) is 8.60. The molecule has 0 aliphatic carbocycles. The summed E-state index contributed by atoms with van der Waals surface area (Å²) in [4.78, 5) is 0. The molecule has 1 aromatic carbocycles. The van der Waals surface area contributed by atoms with Crippen LogP contribution >= 0.6 is 11.6 Å². The van der Waals surface area contributed by atoms with Gasteiger partial charge in [-0.05, 0) is 37.1 Å². The normalized spacial score (nSPS) is 13.1. The highest BCUT2D eigenvalue weighted by atomic mass is 35.5. The molecule has 1 nitrogen and oxygen atoms in total. The first-order chi connectivity index (χ1) is 7.63. The maximum absolute atomic E-state index is 5.89. The molecule has 1 rings (SSSR count). The second-order valence-corrected chi connectivity index (χ2v) is 5.15. The largest absolute Gasteiger partial charge is 0.313 e. The average Bonchev–Trinajstić information content (AvgIpc) is 2.26. The first kappa shape index (κ1) is 13.5. The monoisotopic (exact) mass is 239 g/mol. The van der Waals surface area contributed by atoms with Gasteiger partial charge in [0, 0.05) is 11.1 Å². The molecule has 0 aliphatic heterocycles. The van der Waals surface area contributed by atoms with Crippen LogP contribution in [0.3, 0.4) is 0 Å². The van der Waals surface area contributed by atoms with E-state index in [1.54, 1.807) is 0 Å². The van der Waals surface area contributed by atoms with Crippen LogP contribution in [-0.2, 0) is 0 Å². The third-order valence-electron chi connectivity index (χ3n) is 2.90. The molecule has 0 saturated heterocycles. The second-order valence-electron chi connectivity index (χ2n) is 4.72. The summed E-state index contributed by atoms with van der Waals surface area (Å²) >= 11 is 5.89. The van der Waals surface area contributed by atoms with Crippen LogP contribution in [-0.4, -0.2) is 7.05 Å². The Labute approximate surface area is 104 Å². The number of benzene rings is 1. The van der Waals surface area contributed by atoms with E-state index in [-0.39, 0.29) is 0 Å². The van der Waals surface area contributed by atoms with Crippen molar-refractivity contribution < 1.29 is 0 Å². The van der Waals surface area contributed by atoms with E-state index in [0.29, 0.717) is 6.04 Å². The zero-order valence-electron chi connectivity index (χ0n) is 10.5. The van der Waals surface area contributed by atoms with E-state index in [1.165, 1.54) is 24.8 Å². The quantitative estimate of drug-likeness (QED) is 0.775. The minimum Gasteiger partial charge on any atom is -0.313 e. The smallest absolute Gasteiger partial charge is 0.0406 e. The predicted octanol–water partition coefficient (Wildman–Crippen LogP) is 4.43. The van der Waals surface area contributed by atoms with Crippen LogP contribution in [0.4, 0.5) is 0 Å². The Hall–Kier alpha value is -0.530. The van der Waals surface area contributed by atoms with Crippen molar-refractivity contribution >= 4 is 11.6 Å². The molecule has 0 spiro atoms. The molecule has 0 amide bonds. The number of hydrogen-bond donors (Lipinski definition) is 1. The van der Waals surface area contributed by atoms with Crippen LogP contribution < -0.4 is 5.32 Å². The van der Waals surface area contributed by atoms with Crippen molar-refractivity contribution in [2.24, 2.45) is 5.92 Å². The number of nitrogens with one attached hydrogen (secondary N) is 1. The summed E-state index contributed by atoms with van der Waals surface area (Å²) in [5, 5.41) is 4.17. The molecule has 0 bridgehead atoms. The highest BCUT2D eigenvalue weighted by Crippen LogP contribution is 2.22. The Balaban J connectivity index is 2.50. The highest BCUT2D eigenvalue weighted by Gasteiger charge is 2.08. The fourth-order valence-corrected chi connectivity index (χ4v) is 2.03. The SMILES string of the molecule is CNC(CCCC(C)C)c1ccc(Cl)cc1. The Morgan fingerprint density at radius 3 is 2.25 bits per heavy atom. The number of rotatable bonds is 6. The van der Waals surface area contributed by atoms with Gasteiger partial charge in [0.2, 0.25) is 0 Å². The van der Waals surface area contributed by atoms with Crippen LogP contribution in [0.15, 0.2) is 24.3 Å². The lowest BCUT2D eigenvalue weighted by Gasteiger charge is -2.17. The third kappa shape index (κ3) is 4.54. The van der Waals surface area contributed by atoms with Crippen molar-refractivity contribution in [1.82, 2.24) is 5.32 Å². The average molecular weight is 240 g/mol. The Morgan fingerprint density at radius 1 is 1.12 bits per heavy atom. The van der Waals surface area contributed by atoms with Crippen LogP contribution in [0.25, 0.3) is 0 Å². The molecule has 0 radical (unpaired) electrons. The van der Waals surface area contributed by atoms with E-state index in [4.69, 9.17) is 11.6 Å². The van der Waals surface area contributed by atoms with Gasteiger partial charge < -0.3 is 5.32 Å². The van der Waals surface area contributed by atoms with E-state index in [1.807, 2.05) is 19.2 Å². The van der Waals surface area contributed by atoms with Gasteiger partial charge in [0.15, 0.2) is 0 Å². The lowest BCUT2D eigenvalue weighted by Crippen LogP contribution is -2.16. The van der Waals surface area contributed by atoms with E-state index in [0.717, 1.165) is 10.9 Å². The Morgan fingerprint density at radius 2 is 1.75 bits per heavy atom. The molecule has 90 valence electrons. The van der Waals surface area contributed by atoms with Gasteiger partial charge in [-0.3, -0.25) is 0 Å². The van der Waals surface area contributed by atoms with Crippen molar-refractivity contribution in [3.8, 4) is 0 Å². The van der Waals surface area contributed by atoms with Crippen LogP contribution in [0.1, 0.15) is 44.7 Å². The molecule has 1 atom stereocenters. The van der Waals surface area contributed by atoms with Gasteiger partial charge in [0.1, 0.15) is 0 Å². The van der Waals surface area contributed by atoms with E-state index in [9.17, 15) is 0 Å². The van der Waals surface area contributed by atoms with Gasteiger partial charge in [0.25, 0.3) is 0 Å². The molecular formula is C14H22ClN. The second kappa shape index (κ2) is 6.93. The van der Waals surface area contributed by atoms with Crippen molar-refractivity contribution in [2.45, 2.75) is 39.2 Å². The Kier molecular flexibility index (Phi) is 5.86. The topological polar surface area (TPSA) is 12.0 Å². The standard InChI is InChI=1S/C14H22ClN/c1-11(2)5-4-6-14(16-3)12-7-9-13(15)10-8-12/h7-11,14,16H,4-6H2,1-3H3. The lowest BCUT2D eigenvalue weighted by molar-refractivity contribution is 0.470. The Bertz CT molecular complexity index is 292. The zero-order chi connectivity index (χ0) is 12.0. The minimum atomic E-state index is 0.455. The molecule has 1 aromatic rings. The van der Waals surface area contributed by atoms with Crippen molar-refractivity contribution in [3.05, 3.63) is 34.9 Å². The van der Waals surface area contributed by atoms with Gasteiger partial charge in [-0.15, -0.1) is 0 Å². The first-order valence-corrected chi connectivity index (χ1v) is 6.44. The van der Waals surface area contributed by atoms with E-state index in [2.05, 4.69) is 31.3 Å². The van der Waals surface area contributed by atoms with Gasteiger partial charge in [0.05, 0.1) is 0 Å². The minimum absolute atomic E-state index is 0.455. The molecule has 0 fully saturated rings. The molecule has 0 aromatic heterocycles. The van der Waals surface area contributed by atoms with Crippen molar-refractivity contribution in [1.29, 1.82) is 0 Å². The summed E-state index contributed by atoms with van der Waals surface area (Å²) in [5.41, 5.74) is 1.33. The highest BCUT2D eigenvalue weighted by molar-refractivity contribution is 6.30. The van der Waals surface area contributed by atoms with Crippen LogP contribution in [0.5, 0.6) is 0 Å². The van der Waals surface area contributed by atoms with Crippen molar-refractivity contribution in [2.75, 3.05) is 7.05 Å². The van der Waals surface area contributed by atoms with Crippen LogP contribution in [0.2, 0.25) is 5.02 Å². The number of hydrogen-bond acceptors (Lipinski definition) is 1. The summed E-state index contributed by atoms with van der Waals surface area (Å²) in [5.74, 6) is 0.794. The molecular weight excluding hydrogens is 218 g/mol. The summed E-state index contributed by atoms with van der Waals surface area (Å²) < 4.78 is 0. The van der Waals surface area contributed by atoms with Crippen LogP contribution in [0, 0.1) is 5.92 Å². The molecule has 0 aliphatic rings. The molecule has 0 heterocycles. The summed E-state index contributed by atoms with van der Waals surface area (Å²) in [6.45, 7) is 4.55. The lowest BCUT2D eigenvalue weighted by atomic mass is 9.98. The molecule has 2 heteroatoms. The fourth-order valence-electron chi connectivity index (χ4n) is 1.90.